The maximum absolute atomic E-state index is 3.78. The van der Waals surface area contributed by atoms with Gasteiger partial charge in [-0.25, -0.2) is 0 Å². The van der Waals surface area contributed by atoms with Gasteiger partial charge in [0, 0.05) is 18.9 Å². The minimum atomic E-state index is 0.983. The molecule has 0 bridgehead atoms. The molecule has 0 radical (unpaired) electrons. The van der Waals surface area contributed by atoms with Crippen LogP contribution in [0.1, 0.15) is 6.42 Å². The second kappa shape index (κ2) is 11.2. The zero-order chi connectivity index (χ0) is 12.7. The highest BCUT2D eigenvalue weighted by Crippen LogP contribution is 1.86. The molecule has 3 rings (SSSR count). The fourth-order valence-corrected chi connectivity index (χ4v) is 1.13. The summed E-state index contributed by atoms with van der Waals surface area (Å²) in [7, 11) is 0. The molecule has 3 heteroatoms. The SMILES string of the molecule is C1=CCNC=C1.C1=CNC=CC1.c1ccncc1. The van der Waals surface area contributed by atoms with E-state index in [9.17, 15) is 0 Å². The highest BCUT2D eigenvalue weighted by Gasteiger charge is 1.74. The Hall–Kier alpha value is -2.29. The van der Waals surface area contributed by atoms with Gasteiger partial charge in [-0.3, -0.25) is 4.98 Å². The number of nitrogens with zero attached hydrogens (tertiary/aromatic N) is 1. The summed E-state index contributed by atoms with van der Waals surface area (Å²) in [6.07, 6.45) is 20.6. The molecule has 3 heterocycles. The van der Waals surface area contributed by atoms with Crippen molar-refractivity contribution in [3.8, 4) is 0 Å². The van der Waals surface area contributed by atoms with Crippen LogP contribution in [0.2, 0.25) is 0 Å². The van der Waals surface area contributed by atoms with Gasteiger partial charge in [0.15, 0.2) is 0 Å². The van der Waals surface area contributed by atoms with E-state index in [1.807, 2.05) is 49.0 Å². The van der Waals surface area contributed by atoms with E-state index < -0.39 is 0 Å². The molecule has 0 atom stereocenters. The van der Waals surface area contributed by atoms with E-state index >= 15 is 0 Å². The fourth-order valence-electron chi connectivity index (χ4n) is 1.13. The molecule has 1 aromatic heterocycles. The minimum absolute atomic E-state index is 0.983. The predicted molar refractivity (Wildman–Crippen MR) is 76.6 cm³/mol. The second-order valence-corrected chi connectivity index (χ2v) is 3.43. The number of allylic oxidation sites excluding steroid dienone is 4. The van der Waals surface area contributed by atoms with E-state index in [1.54, 1.807) is 12.4 Å². The summed E-state index contributed by atoms with van der Waals surface area (Å²) in [5.41, 5.74) is 0. The average Bonchev–Trinajstić information content (AvgIpc) is 2.54. The largest absolute Gasteiger partial charge is 0.387 e. The predicted octanol–water partition coefficient (Wildman–Crippen LogP) is 2.75. The van der Waals surface area contributed by atoms with E-state index in [0.717, 1.165) is 13.0 Å². The van der Waals surface area contributed by atoms with Crippen molar-refractivity contribution in [2.45, 2.75) is 6.42 Å². The lowest BCUT2D eigenvalue weighted by molar-refractivity contribution is 0.972. The molecule has 3 nitrogen and oxygen atoms in total. The second-order valence-electron chi connectivity index (χ2n) is 3.43. The van der Waals surface area contributed by atoms with E-state index in [1.165, 1.54) is 0 Å². The highest BCUT2D eigenvalue weighted by atomic mass is 14.8. The quantitative estimate of drug-likeness (QED) is 0.733. The van der Waals surface area contributed by atoms with Crippen LogP contribution >= 0.6 is 0 Å². The Kier molecular flexibility index (Phi) is 8.57. The average molecular weight is 241 g/mol. The molecular formula is C15H19N3. The molecule has 0 saturated heterocycles. The Morgan fingerprint density at radius 3 is 1.72 bits per heavy atom. The van der Waals surface area contributed by atoms with Gasteiger partial charge >= 0.3 is 0 Å². The summed E-state index contributed by atoms with van der Waals surface area (Å²) in [6, 6.07) is 5.72. The fraction of sp³-hybridized carbons (Fsp3) is 0.133. The summed E-state index contributed by atoms with van der Waals surface area (Å²) in [6.45, 7) is 0.983. The van der Waals surface area contributed by atoms with Gasteiger partial charge in [-0.1, -0.05) is 30.4 Å². The lowest BCUT2D eigenvalue weighted by atomic mass is 10.4. The maximum atomic E-state index is 3.78. The summed E-state index contributed by atoms with van der Waals surface area (Å²) in [5, 5.41) is 5.94. The van der Waals surface area contributed by atoms with E-state index in [0.29, 0.717) is 0 Å². The van der Waals surface area contributed by atoms with E-state index in [-0.39, 0.29) is 0 Å². The van der Waals surface area contributed by atoms with Gasteiger partial charge in [0.25, 0.3) is 0 Å². The van der Waals surface area contributed by atoms with Crippen molar-refractivity contribution in [1.29, 1.82) is 0 Å². The molecule has 0 amide bonds. The molecule has 2 N–H and O–H groups in total. The number of aromatic nitrogens is 1. The number of hydrogen-bond acceptors (Lipinski definition) is 3. The normalized spacial score (nSPS) is 14.2. The van der Waals surface area contributed by atoms with Gasteiger partial charge in [-0.15, -0.1) is 0 Å². The molecule has 0 fully saturated rings. The molecule has 0 aliphatic carbocycles. The van der Waals surface area contributed by atoms with Crippen molar-refractivity contribution in [3.05, 3.63) is 79.6 Å². The van der Waals surface area contributed by atoms with Crippen LogP contribution in [0.15, 0.2) is 79.6 Å². The van der Waals surface area contributed by atoms with Crippen LogP contribution in [0.4, 0.5) is 0 Å². The van der Waals surface area contributed by atoms with Crippen molar-refractivity contribution in [1.82, 2.24) is 15.6 Å². The zero-order valence-electron chi connectivity index (χ0n) is 10.4. The zero-order valence-corrected chi connectivity index (χ0v) is 10.4. The Labute approximate surface area is 109 Å². The third kappa shape index (κ3) is 8.97. The number of rotatable bonds is 0. The summed E-state index contributed by atoms with van der Waals surface area (Å²) >= 11 is 0. The van der Waals surface area contributed by atoms with Crippen LogP contribution in [0, 0.1) is 0 Å². The van der Waals surface area contributed by atoms with E-state index in [2.05, 4.69) is 33.8 Å². The third-order valence-corrected chi connectivity index (χ3v) is 1.96. The van der Waals surface area contributed by atoms with Gasteiger partial charge < -0.3 is 10.6 Å². The van der Waals surface area contributed by atoms with Gasteiger partial charge in [-0.05, 0) is 43.2 Å². The molecule has 94 valence electrons. The van der Waals surface area contributed by atoms with Crippen molar-refractivity contribution in [2.75, 3.05) is 6.54 Å². The smallest absolute Gasteiger partial charge is 0.0328 e. The van der Waals surface area contributed by atoms with Gasteiger partial charge in [-0.2, -0.15) is 0 Å². The van der Waals surface area contributed by atoms with Gasteiger partial charge in [0.1, 0.15) is 0 Å². The number of nitrogens with one attached hydrogen (secondary N) is 2. The van der Waals surface area contributed by atoms with Crippen molar-refractivity contribution in [2.24, 2.45) is 0 Å². The first-order valence-electron chi connectivity index (χ1n) is 5.96. The number of hydrogen-bond donors (Lipinski definition) is 2. The monoisotopic (exact) mass is 241 g/mol. The lowest BCUT2D eigenvalue weighted by Crippen LogP contribution is -2.05. The third-order valence-electron chi connectivity index (χ3n) is 1.96. The highest BCUT2D eigenvalue weighted by molar-refractivity contribution is 5.06. The minimum Gasteiger partial charge on any atom is -0.387 e. The summed E-state index contributed by atoms with van der Waals surface area (Å²) in [5.74, 6) is 0. The molecular weight excluding hydrogens is 222 g/mol. The van der Waals surface area contributed by atoms with Gasteiger partial charge in [0.2, 0.25) is 0 Å². The summed E-state index contributed by atoms with van der Waals surface area (Å²) in [4.78, 5) is 3.78. The first-order chi connectivity index (χ1) is 9.00. The van der Waals surface area contributed by atoms with Crippen molar-refractivity contribution >= 4 is 0 Å². The van der Waals surface area contributed by atoms with Crippen LogP contribution in [0.3, 0.4) is 0 Å². The van der Waals surface area contributed by atoms with Crippen LogP contribution in [-0.4, -0.2) is 11.5 Å². The Bertz CT molecular complexity index is 333. The molecule has 0 spiro atoms. The molecule has 2 aliphatic heterocycles. The maximum Gasteiger partial charge on any atom is 0.0328 e. The van der Waals surface area contributed by atoms with Crippen molar-refractivity contribution < 1.29 is 0 Å². The first kappa shape index (κ1) is 13.8. The number of pyridine rings is 1. The van der Waals surface area contributed by atoms with Crippen LogP contribution in [0.25, 0.3) is 0 Å². The Morgan fingerprint density at radius 2 is 1.56 bits per heavy atom. The molecule has 0 aromatic carbocycles. The van der Waals surface area contributed by atoms with Crippen molar-refractivity contribution in [3.63, 3.8) is 0 Å². The summed E-state index contributed by atoms with van der Waals surface area (Å²) < 4.78 is 0. The topological polar surface area (TPSA) is 37.0 Å². The Morgan fingerprint density at radius 1 is 0.778 bits per heavy atom. The molecule has 2 aliphatic rings. The van der Waals surface area contributed by atoms with Gasteiger partial charge in [0.05, 0.1) is 0 Å². The van der Waals surface area contributed by atoms with E-state index in [4.69, 9.17) is 0 Å². The standard InChI is InChI=1S/2C5H7N.C5H5N/c3*1-2-4-6-5-3-1/h2-6H,1H2;1-4,6H,5H2;1-5H. The first-order valence-corrected chi connectivity index (χ1v) is 5.96. The molecule has 18 heavy (non-hydrogen) atoms. The Balaban J connectivity index is 0.000000135. The van der Waals surface area contributed by atoms with Crippen LogP contribution in [-0.2, 0) is 0 Å². The molecule has 1 aromatic rings. The lowest BCUT2D eigenvalue weighted by Gasteiger charge is -1.94. The molecule has 0 unspecified atom stereocenters. The van der Waals surface area contributed by atoms with Crippen LogP contribution < -0.4 is 10.6 Å². The number of dihydropyridines is 2. The molecule has 0 saturated carbocycles. The van der Waals surface area contributed by atoms with Crippen LogP contribution in [0.5, 0.6) is 0 Å².